The van der Waals surface area contributed by atoms with E-state index in [1.165, 1.54) is 11.0 Å². The summed E-state index contributed by atoms with van der Waals surface area (Å²) in [5.74, 6) is 1.00. The van der Waals surface area contributed by atoms with Gasteiger partial charge >= 0.3 is 0 Å². The Bertz CT molecular complexity index is 871. The zero-order valence-electron chi connectivity index (χ0n) is 16.1. The van der Waals surface area contributed by atoms with Crippen LogP contribution in [0.25, 0.3) is 0 Å². The summed E-state index contributed by atoms with van der Waals surface area (Å²) in [7, 11) is 0. The number of halogens is 1. The molecule has 28 heavy (non-hydrogen) atoms. The molecule has 2 N–H and O–H groups in total. The van der Waals surface area contributed by atoms with Crippen molar-refractivity contribution in [1.29, 1.82) is 0 Å². The fraction of sp³-hybridized carbons (Fsp3) is 0.409. The van der Waals surface area contributed by atoms with E-state index in [9.17, 15) is 9.18 Å². The van der Waals surface area contributed by atoms with Gasteiger partial charge in [-0.15, -0.1) is 0 Å². The highest BCUT2D eigenvalue weighted by atomic mass is 19.1. The van der Waals surface area contributed by atoms with Gasteiger partial charge < -0.3 is 19.7 Å². The molecule has 148 valence electrons. The lowest BCUT2D eigenvalue weighted by Gasteiger charge is -2.22. The van der Waals surface area contributed by atoms with Gasteiger partial charge in [-0.25, -0.2) is 4.39 Å². The predicted molar refractivity (Wildman–Crippen MR) is 104 cm³/mol. The minimum absolute atomic E-state index is 0.168. The normalized spacial score (nSPS) is 21.2. The smallest absolute Gasteiger partial charge is 0.279 e. The van der Waals surface area contributed by atoms with E-state index in [0.717, 1.165) is 48.4 Å². The van der Waals surface area contributed by atoms with E-state index in [-0.39, 0.29) is 17.6 Å². The number of benzene rings is 2. The number of amides is 1. The number of carbonyl (C=O) groups is 1. The standard InChI is InChI=1S/C22H25FN2O3/c1-15-5-7-18(17(23)12-15)24-22(26)14-25-9-2-4-19(25)16-6-8-20-21(13-16)28-11-3-10-27-20/h5-8,12-13,19H,2-4,9-11,14H2,1H3,(H,24,26)/p+1/t19-/m1/s1. The lowest BCUT2D eigenvalue weighted by atomic mass is 10.0. The Morgan fingerprint density at radius 1 is 1.14 bits per heavy atom. The molecule has 0 aromatic heterocycles. The number of anilines is 1. The van der Waals surface area contributed by atoms with Crippen molar-refractivity contribution < 1.29 is 23.6 Å². The Morgan fingerprint density at radius 3 is 2.79 bits per heavy atom. The Hall–Kier alpha value is -2.60. The zero-order chi connectivity index (χ0) is 19.5. The zero-order valence-corrected chi connectivity index (χ0v) is 16.1. The maximum Gasteiger partial charge on any atom is 0.279 e. The Morgan fingerprint density at radius 2 is 1.96 bits per heavy atom. The number of rotatable bonds is 4. The molecular weight excluding hydrogens is 359 g/mol. The predicted octanol–water partition coefficient (Wildman–Crippen LogP) is 2.65. The molecule has 1 unspecified atom stereocenters. The molecule has 6 heteroatoms. The lowest BCUT2D eigenvalue weighted by Crippen LogP contribution is -3.11. The van der Waals surface area contributed by atoms with Gasteiger partial charge in [-0.1, -0.05) is 6.07 Å². The number of carbonyl (C=O) groups excluding carboxylic acids is 1. The fourth-order valence-corrected chi connectivity index (χ4v) is 4.04. The van der Waals surface area contributed by atoms with Crippen LogP contribution in [0.1, 0.15) is 36.4 Å². The first-order valence-corrected chi connectivity index (χ1v) is 9.90. The summed E-state index contributed by atoms with van der Waals surface area (Å²) in [6.07, 6.45) is 2.95. The maximum absolute atomic E-state index is 14.0. The number of nitrogens with one attached hydrogen (secondary N) is 2. The number of hydrogen-bond acceptors (Lipinski definition) is 3. The number of likely N-dealkylation sites (tertiary alicyclic amines) is 1. The molecule has 1 amide bonds. The second kappa shape index (κ2) is 8.19. The topological polar surface area (TPSA) is 52.0 Å². The number of fused-ring (bicyclic) bond motifs is 1. The Labute approximate surface area is 164 Å². The summed E-state index contributed by atoms with van der Waals surface area (Å²) in [5, 5.41) is 2.72. The lowest BCUT2D eigenvalue weighted by molar-refractivity contribution is -0.910. The van der Waals surface area contributed by atoms with Crippen molar-refractivity contribution in [3.8, 4) is 11.5 Å². The van der Waals surface area contributed by atoms with E-state index in [1.807, 2.05) is 19.1 Å². The van der Waals surface area contributed by atoms with Crippen molar-refractivity contribution in [2.45, 2.75) is 32.2 Å². The van der Waals surface area contributed by atoms with Crippen molar-refractivity contribution in [3.63, 3.8) is 0 Å². The summed E-state index contributed by atoms with van der Waals surface area (Å²) in [4.78, 5) is 13.7. The average Bonchev–Trinajstić information content (AvgIpc) is 2.99. The second-order valence-electron chi connectivity index (χ2n) is 7.57. The van der Waals surface area contributed by atoms with Crippen LogP contribution >= 0.6 is 0 Å². The summed E-state index contributed by atoms with van der Waals surface area (Å²) in [5.41, 5.74) is 2.22. The minimum atomic E-state index is -0.399. The SMILES string of the molecule is Cc1ccc(NC(=O)C[NH+]2CCC[C@@H]2c2ccc3c(c2)OCCCO3)c(F)c1. The van der Waals surface area contributed by atoms with E-state index in [2.05, 4.69) is 11.4 Å². The van der Waals surface area contributed by atoms with Gasteiger partial charge in [-0.3, -0.25) is 4.79 Å². The van der Waals surface area contributed by atoms with Gasteiger partial charge in [0.15, 0.2) is 18.0 Å². The molecule has 4 rings (SSSR count). The van der Waals surface area contributed by atoms with Gasteiger partial charge in [-0.2, -0.15) is 0 Å². The molecule has 0 saturated carbocycles. The van der Waals surface area contributed by atoms with Crippen LogP contribution in [0, 0.1) is 12.7 Å². The number of ether oxygens (including phenoxy) is 2. The average molecular weight is 385 g/mol. The molecule has 5 nitrogen and oxygen atoms in total. The maximum atomic E-state index is 14.0. The largest absolute Gasteiger partial charge is 0.490 e. The van der Waals surface area contributed by atoms with Crippen LogP contribution in [0.5, 0.6) is 11.5 Å². The third-order valence-electron chi connectivity index (χ3n) is 5.44. The molecule has 0 radical (unpaired) electrons. The first-order chi connectivity index (χ1) is 13.6. The molecule has 1 fully saturated rings. The van der Waals surface area contributed by atoms with Gasteiger partial charge in [-0.05, 0) is 42.8 Å². The molecule has 2 aliphatic heterocycles. The van der Waals surface area contributed by atoms with Crippen molar-refractivity contribution in [2.24, 2.45) is 0 Å². The summed E-state index contributed by atoms with van der Waals surface area (Å²) in [6, 6.07) is 11.2. The van der Waals surface area contributed by atoms with Gasteiger partial charge in [0.05, 0.1) is 25.4 Å². The second-order valence-corrected chi connectivity index (χ2v) is 7.57. The molecule has 2 heterocycles. The molecule has 1 saturated heterocycles. The van der Waals surface area contributed by atoms with Crippen LogP contribution < -0.4 is 19.7 Å². The van der Waals surface area contributed by atoms with E-state index < -0.39 is 5.82 Å². The molecule has 2 atom stereocenters. The molecule has 0 bridgehead atoms. The van der Waals surface area contributed by atoms with E-state index in [0.29, 0.717) is 19.8 Å². The quantitative estimate of drug-likeness (QED) is 0.851. The first kappa shape index (κ1) is 18.7. The first-order valence-electron chi connectivity index (χ1n) is 9.90. The number of quaternary nitrogens is 1. The Kier molecular flexibility index (Phi) is 5.48. The molecule has 2 aromatic carbocycles. The van der Waals surface area contributed by atoms with Crippen LogP contribution in [-0.4, -0.2) is 32.2 Å². The van der Waals surface area contributed by atoms with Crippen LogP contribution in [-0.2, 0) is 4.79 Å². The number of hydrogen-bond donors (Lipinski definition) is 2. The minimum Gasteiger partial charge on any atom is -0.490 e. The van der Waals surface area contributed by atoms with Crippen molar-refractivity contribution >= 4 is 11.6 Å². The highest BCUT2D eigenvalue weighted by Crippen LogP contribution is 2.33. The highest BCUT2D eigenvalue weighted by Gasteiger charge is 2.32. The van der Waals surface area contributed by atoms with Gasteiger partial charge in [0.1, 0.15) is 11.9 Å². The third-order valence-corrected chi connectivity index (χ3v) is 5.44. The highest BCUT2D eigenvalue weighted by molar-refractivity contribution is 5.91. The molecule has 0 spiro atoms. The van der Waals surface area contributed by atoms with Crippen LogP contribution in [0.15, 0.2) is 36.4 Å². The molecule has 2 aliphatic rings. The van der Waals surface area contributed by atoms with Crippen LogP contribution in [0.3, 0.4) is 0 Å². The molecular formula is C22H26FN2O3+. The van der Waals surface area contributed by atoms with Gasteiger partial charge in [0.2, 0.25) is 0 Å². The van der Waals surface area contributed by atoms with Crippen LogP contribution in [0.2, 0.25) is 0 Å². The summed E-state index contributed by atoms with van der Waals surface area (Å²) < 4.78 is 25.5. The summed E-state index contributed by atoms with van der Waals surface area (Å²) in [6.45, 7) is 4.38. The van der Waals surface area contributed by atoms with Crippen molar-refractivity contribution in [1.82, 2.24) is 0 Å². The fourth-order valence-electron chi connectivity index (χ4n) is 4.04. The third kappa shape index (κ3) is 4.12. The van der Waals surface area contributed by atoms with Crippen LogP contribution in [0.4, 0.5) is 10.1 Å². The van der Waals surface area contributed by atoms with E-state index in [4.69, 9.17) is 9.47 Å². The molecule has 2 aromatic rings. The number of aryl methyl sites for hydroxylation is 1. The summed E-state index contributed by atoms with van der Waals surface area (Å²) >= 11 is 0. The van der Waals surface area contributed by atoms with Gasteiger partial charge in [0, 0.05) is 24.8 Å². The van der Waals surface area contributed by atoms with E-state index in [1.54, 1.807) is 12.1 Å². The van der Waals surface area contributed by atoms with Gasteiger partial charge in [0.25, 0.3) is 5.91 Å². The van der Waals surface area contributed by atoms with Crippen molar-refractivity contribution in [2.75, 3.05) is 31.6 Å². The van der Waals surface area contributed by atoms with Crippen molar-refractivity contribution in [3.05, 3.63) is 53.3 Å². The monoisotopic (exact) mass is 385 g/mol. The Balaban J connectivity index is 1.45. The van der Waals surface area contributed by atoms with E-state index >= 15 is 0 Å². The molecule has 0 aliphatic carbocycles.